The Morgan fingerprint density at radius 3 is 2.52 bits per heavy atom. The summed E-state index contributed by atoms with van der Waals surface area (Å²) in [6.45, 7) is 7.12. The highest BCUT2D eigenvalue weighted by molar-refractivity contribution is 7.90. The van der Waals surface area contributed by atoms with E-state index in [9.17, 15) is 13.2 Å². The number of ketones is 1. The van der Waals surface area contributed by atoms with E-state index in [1.165, 1.54) is 24.3 Å². The van der Waals surface area contributed by atoms with Gasteiger partial charge in [-0.3, -0.25) is 4.79 Å². The molecule has 1 heterocycles. The standard InChI is InChI=1S/C18H11N3O3S/c1-20-14-8-7-13-11-17(18(22)9-10-19)21(16(13)12-14)25(23,24)15-5-3-2-4-6-15/h2-8,11-12H,9H2. The number of hydrogen-bond donors (Lipinski definition) is 0. The van der Waals surface area contributed by atoms with Crippen LogP contribution >= 0.6 is 0 Å². The maximum atomic E-state index is 13.1. The summed E-state index contributed by atoms with van der Waals surface area (Å²) in [6.07, 6.45) is -0.434. The summed E-state index contributed by atoms with van der Waals surface area (Å²) in [4.78, 5) is 15.6. The van der Waals surface area contributed by atoms with Gasteiger partial charge in [0, 0.05) is 0 Å². The number of rotatable bonds is 4. The molecule has 0 fully saturated rings. The molecular weight excluding hydrogens is 338 g/mol. The molecule has 0 aliphatic rings. The summed E-state index contributed by atoms with van der Waals surface area (Å²) in [5.74, 6) is -0.595. The fourth-order valence-corrected chi connectivity index (χ4v) is 4.09. The van der Waals surface area contributed by atoms with Crippen molar-refractivity contribution >= 4 is 32.4 Å². The second-order valence-electron chi connectivity index (χ2n) is 5.23. The van der Waals surface area contributed by atoms with Gasteiger partial charge in [0.25, 0.3) is 10.0 Å². The van der Waals surface area contributed by atoms with E-state index in [2.05, 4.69) is 4.85 Å². The average Bonchev–Trinajstić information content (AvgIpc) is 3.02. The Morgan fingerprint density at radius 2 is 1.88 bits per heavy atom. The lowest BCUT2D eigenvalue weighted by atomic mass is 10.2. The molecule has 3 rings (SSSR count). The molecule has 0 spiro atoms. The van der Waals surface area contributed by atoms with Crippen molar-refractivity contribution in [3.05, 3.63) is 71.7 Å². The molecule has 0 N–H and O–H groups in total. The van der Waals surface area contributed by atoms with Crippen LogP contribution in [0.3, 0.4) is 0 Å². The Balaban J connectivity index is 2.39. The zero-order chi connectivity index (χ0) is 18.0. The van der Waals surface area contributed by atoms with Crippen LogP contribution in [0.15, 0.2) is 59.5 Å². The van der Waals surface area contributed by atoms with Gasteiger partial charge in [0.15, 0.2) is 11.5 Å². The molecule has 6 nitrogen and oxygen atoms in total. The van der Waals surface area contributed by atoms with Crippen molar-refractivity contribution in [2.75, 3.05) is 0 Å². The third kappa shape index (κ3) is 2.78. The summed E-state index contributed by atoms with van der Waals surface area (Å²) < 4.78 is 27.1. The number of aromatic nitrogens is 1. The van der Waals surface area contributed by atoms with E-state index >= 15 is 0 Å². The van der Waals surface area contributed by atoms with Crippen LogP contribution in [0, 0.1) is 17.9 Å². The highest BCUT2D eigenvalue weighted by Gasteiger charge is 2.26. The second kappa shape index (κ2) is 6.23. The van der Waals surface area contributed by atoms with Crippen molar-refractivity contribution in [1.29, 1.82) is 5.26 Å². The van der Waals surface area contributed by atoms with Gasteiger partial charge in [0.05, 0.1) is 23.1 Å². The molecule has 25 heavy (non-hydrogen) atoms. The van der Waals surface area contributed by atoms with Crippen LogP contribution in [0.4, 0.5) is 5.69 Å². The summed E-state index contributed by atoms with van der Waals surface area (Å²) >= 11 is 0. The van der Waals surface area contributed by atoms with Crippen molar-refractivity contribution in [1.82, 2.24) is 3.97 Å². The Bertz CT molecular complexity index is 1160. The predicted octanol–water partition coefficient (Wildman–Crippen LogP) is 3.53. The SMILES string of the molecule is [C-]#[N+]c1ccc2cc(C(=O)CC#N)n(S(=O)(=O)c3ccccc3)c2c1. The number of benzene rings is 2. The van der Waals surface area contributed by atoms with Crippen molar-refractivity contribution in [2.24, 2.45) is 0 Å². The van der Waals surface area contributed by atoms with Crippen LogP contribution in [0.5, 0.6) is 0 Å². The van der Waals surface area contributed by atoms with E-state index < -0.39 is 22.2 Å². The third-order valence-electron chi connectivity index (χ3n) is 3.68. The lowest BCUT2D eigenvalue weighted by Gasteiger charge is -2.11. The molecule has 0 amide bonds. The van der Waals surface area contributed by atoms with Gasteiger partial charge in [-0.15, -0.1) is 0 Å². The first-order valence-electron chi connectivity index (χ1n) is 7.23. The van der Waals surface area contributed by atoms with Crippen molar-refractivity contribution in [3.63, 3.8) is 0 Å². The van der Waals surface area contributed by atoms with Gasteiger partial charge < -0.3 is 0 Å². The summed E-state index contributed by atoms with van der Waals surface area (Å²) in [7, 11) is -4.06. The molecule has 0 atom stereocenters. The minimum Gasteiger partial charge on any atom is -0.291 e. The molecule has 2 aromatic carbocycles. The molecular formula is C18H11N3O3S. The first kappa shape index (κ1) is 16.4. The van der Waals surface area contributed by atoms with Crippen LogP contribution in [-0.2, 0) is 10.0 Å². The summed E-state index contributed by atoms with van der Waals surface area (Å²) in [5, 5.41) is 9.30. The lowest BCUT2D eigenvalue weighted by Crippen LogP contribution is -2.18. The lowest BCUT2D eigenvalue weighted by molar-refractivity contribution is 0.0992. The topological polar surface area (TPSA) is 84.3 Å². The molecule has 0 aliphatic carbocycles. The van der Waals surface area contributed by atoms with Gasteiger partial charge in [-0.1, -0.05) is 30.3 Å². The summed E-state index contributed by atoms with van der Waals surface area (Å²) in [5.41, 5.74) is 0.399. The molecule has 7 heteroatoms. The van der Waals surface area contributed by atoms with E-state index in [0.717, 1.165) is 3.97 Å². The molecule has 1 aromatic heterocycles. The molecule has 0 saturated carbocycles. The Hall–Kier alpha value is -3.42. The number of Topliss-reactive ketones (excluding diaryl/α,β-unsaturated/α-hetero) is 1. The smallest absolute Gasteiger partial charge is 0.268 e. The molecule has 3 aromatic rings. The highest BCUT2D eigenvalue weighted by atomic mass is 32.2. The van der Waals surface area contributed by atoms with Crippen molar-refractivity contribution < 1.29 is 13.2 Å². The van der Waals surface area contributed by atoms with Gasteiger partial charge in [0.1, 0.15) is 12.1 Å². The zero-order valence-electron chi connectivity index (χ0n) is 12.9. The molecule has 0 radical (unpaired) electrons. The Labute approximate surface area is 144 Å². The number of carbonyl (C=O) groups is 1. The molecule has 0 unspecified atom stereocenters. The average molecular weight is 349 g/mol. The third-order valence-corrected chi connectivity index (χ3v) is 5.42. The minimum atomic E-state index is -4.06. The molecule has 0 bridgehead atoms. The van der Waals surface area contributed by atoms with Gasteiger partial charge in [-0.05, 0) is 29.7 Å². The molecule has 0 aliphatic heterocycles. The van der Waals surface area contributed by atoms with Gasteiger partial charge in [-0.25, -0.2) is 17.2 Å². The number of nitrogens with zero attached hydrogens (tertiary/aromatic N) is 3. The van der Waals surface area contributed by atoms with Gasteiger partial charge >= 0.3 is 0 Å². The van der Waals surface area contributed by atoms with E-state index in [-0.39, 0.29) is 21.8 Å². The van der Waals surface area contributed by atoms with E-state index in [1.54, 1.807) is 36.4 Å². The van der Waals surface area contributed by atoms with Crippen LogP contribution in [0.25, 0.3) is 15.7 Å². The fraction of sp³-hybridized carbons (Fsp3) is 0.0556. The van der Waals surface area contributed by atoms with Crippen LogP contribution in [-0.4, -0.2) is 18.2 Å². The fourth-order valence-electron chi connectivity index (χ4n) is 2.55. The first-order chi connectivity index (χ1) is 12.0. The van der Waals surface area contributed by atoms with Crippen LogP contribution in [0.2, 0.25) is 0 Å². The van der Waals surface area contributed by atoms with E-state index in [4.69, 9.17) is 11.8 Å². The molecule has 122 valence electrons. The number of hydrogen-bond acceptors (Lipinski definition) is 4. The van der Waals surface area contributed by atoms with E-state index in [0.29, 0.717) is 5.39 Å². The van der Waals surface area contributed by atoms with Crippen molar-refractivity contribution in [2.45, 2.75) is 11.3 Å². The number of carbonyl (C=O) groups excluding carboxylic acids is 1. The maximum Gasteiger partial charge on any atom is 0.268 e. The predicted molar refractivity (Wildman–Crippen MR) is 91.8 cm³/mol. The number of nitriles is 1. The second-order valence-corrected chi connectivity index (χ2v) is 7.01. The number of fused-ring (bicyclic) bond motifs is 1. The summed E-state index contributed by atoms with van der Waals surface area (Å²) in [6, 6.07) is 15.4. The van der Waals surface area contributed by atoms with Crippen LogP contribution < -0.4 is 0 Å². The largest absolute Gasteiger partial charge is 0.291 e. The van der Waals surface area contributed by atoms with Crippen LogP contribution in [0.1, 0.15) is 16.9 Å². The normalized spacial score (nSPS) is 11.0. The highest BCUT2D eigenvalue weighted by Crippen LogP contribution is 2.29. The minimum absolute atomic E-state index is 0.0201. The van der Waals surface area contributed by atoms with Gasteiger partial charge in [0.2, 0.25) is 0 Å². The molecule has 0 saturated heterocycles. The van der Waals surface area contributed by atoms with Crippen molar-refractivity contribution in [3.8, 4) is 6.07 Å². The van der Waals surface area contributed by atoms with Gasteiger partial charge in [-0.2, -0.15) is 5.26 Å². The maximum absolute atomic E-state index is 13.1. The monoisotopic (exact) mass is 349 g/mol. The zero-order valence-corrected chi connectivity index (χ0v) is 13.7. The first-order valence-corrected chi connectivity index (χ1v) is 8.67. The quantitative estimate of drug-likeness (QED) is 0.533. The Kier molecular flexibility index (Phi) is 4.10. The Morgan fingerprint density at radius 1 is 1.16 bits per heavy atom. The van der Waals surface area contributed by atoms with E-state index in [1.807, 2.05) is 0 Å².